The SMILES string of the molecule is CC1(C)CC2C(N)C2C1. The van der Waals surface area contributed by atoms with Crippen molar-refractivity contribution in [2.24, 2.45) is 23.0 Å². The Morgan fingerprint density at radius 2 is 1.67 bits per heavy atom. The van der Waals surface area contributed by atoms with Gasteiger partial charge in [0.05, 0.1) is 0 Å². The normalized spacial score (nSPS) is 53.0. The summed E-state index contributed by atoms with van der Waals surface area (Å²) in [4.78, 5) is 0. The maximum Gasteiger partial charge on any atom is 0.0102 e. The first-order valence-corrected chi connectivity index (χ1v) is 3.86. The first kappa shape index (κ1) is 5.72. The number of fused-ring (bicyclic) bond motifs is 1. The van der Waals surface area contributed by atoms with E-state index in [1.165, 1.54) is 12.8 Å². The molecule has 0 aromatic carbocycles. The molecule has 0 amide bonds. The molecule has 2 atom stereocenters. The van der Waals surface area contributed by atoms with Crippen molar-refractivity contribution in [1.29, 1.82) is 0 Å². The highest BCUT2D eigenvalue weighted by molar-refractivity contribution is 5.09. The third kappa shape index (κ3) is 0.710. The van der Waals surface area contributed by atoms with E-state index in [9.17, 15) is 0 Å². The summed E-state index contributed by atoms with van der Waals surface area (Å²) < 4.78 is 0. The van der Waals surface area contributed by atoms with Gasteiger partial charge < -0.3 is 5.73 Å². The van der Waals surface area contributed by atoms with Crippen LogP contribution in [0.25, 0.3) is 0 Å². The molecule has 0 aromatic rings. The lowest BCUT2D eigenvalue weighted by Crippen LogP contribution is -2.16. The van der Waals surface area contributed by atoms with E-state index < -0.39 is 0 Å². The highest BCUT2D eigenvalue weighted by Gasteiger charge is 2.56. The molecule has 1 heteroatoms. The Kier molecular flexibility index (Phi) is 0.852. The monoisotopic (exact) mass is 125 g/mol. The predicted molar refractivity (Wildman–Crippen MR) is 38.0 cm³/mol. The van der Waals surface area contributed by atoms with Gasteiger partial charge in [-0.3, -0.25) is 0 Å². The van der Waals surface area contributed by atoms with E-state index in [4.69, 9.17) is 5.73 Å². The minimum Gasteiger partial charge on any atom is -0.327 e. The fraction of sp³-hybridized carbons (Fsp3) is 1.00. The summed E-state index contributed by atoms with van der Waals surface area (Å²) >= 11 is 0. The second-order valence-corrected chi connectivity index (χ2v) is 4.48. The van der Waals surface area contributed by atoms with Crippen LogP contribution < -0.4 is 5.73 Å². The molecule has 9 heavy (non-hydrogen) atoms. The van der Waals surface area contributed by atoms with Crippen molar-refractivity contribution in [3.8, 4) is 0 Å². The van der Waals surface area contributed by atoms with E-state index in [0.29, 0.717) is 11.5 Å². The second kappa shape index (κ2) is 1.34. The average Bonchev–Trinajstić information content (AvgIpc) is 2.26. The molecule has 2 fully saturated rings. The topological polar surface area (TPSA) is 26.0 Å². The van der Waals surface area contributed by atoms with Crippen LogP contribution in [0.5, 0.6) is 0 Å². The van der Waals surface area contributed by atoms with Gasteiger partial charge in [-0.25, -0.2) is 0 Å². The molecule has 2 unspecified atom stereocenters. The van der Waals surface area contributed by atoms with Gasteiger partial charge in [0.2, 0.25) is 0 Å². The number of hydrogen-bond donors (Lipinski definition) is 1. The highest BCUT2D eigenvalue weighted by Crippen LogP contribution is 2.58. The van der Waals surface area contributed by atoms with Gasteiger partial charge in [-0.15, -0.1) is 0 Å². The van der Waals surface area contributed by atoms with E-state index in [1.807, 2.05) is 0 Å². The summed E-state index contributed by atoms with van der Waals surface area (Å²) in [7, 11) is 0. The molecule has 0 spiro atoms. The van der Waals surface area contributed by atoms with Gasteiger partial charge in [0.25, 0.3) is 0 Å². The maximum atomic E-state index is 5.79. The minimum atomic E-state index is 0.582. The van der Waals surface area contributed by atoms with Crippen LogP contribution in [0.15, 0.2) is 0 Å². The zero-order valence-electron chi connectivity index (χ0n) is 6.22. The minimum absolute atomic E-state index is 0.582. The molecule has 0 aromatic heterocycles. The van der Waals surface area contributed by atoms with Crippen LogP contribution in [-0.2, 0) is 0 Å². The summed E-state index contributed by atoms with van der Waals surface area (Å²) in [6.07, 6.45) is 2.75. The van der Waals surface area contributed by atoms with Crippen LogP contribution in [-0.4, -0.2) is 6.04 Å². The van der Waals surface area contributed by atoms with Crippen LogP contribution in [0.2, 0.25) is 0 Å². The van der Waals surface area contributed by atoms with E-state index >= 15 is 0 Å². The zero-order chi connectivity index (χ0) is 6.65. The van der Waals surface area contributed by atoms with Gasteiger partial charge in [0.1, 0.15) is 0 Å². The first-order valence-electron chi connectivity index (χ1n) is 3.86. The number of rotatable bonds is 0. The van der Waals surface area contributed by atoms with E-state index in [1.54, 1.807) is 0 Å². The molecule has 0 heterocycles. The highest BCUT2D eigenvalue weighted by atomic mass is 14.8. The third-order valence-corrected chi connectivity index (χ3v) is 2.97. The van der Waals surface area contributed by atoms with Crippen LogP contribution in [0.3, 0.4) is 0 Å². The largest absolute Gasteiger partial charge is 0.327 e. The molecule has 2 rings (SSSR count). The van der Waals surface area contributed by atoms with Crippen molar-refractivity contribution >= 4 is 0 Å². The van der Waals surface area contributed by atoms with Crippen molar-refractivity contribution in [2.45, 2.75) is 32.7 Å². The fourth-order valence-corrected chi connectivity index (χ4v) is 2.41. The lowest BCUT2D eigenvalue weighted by atomic mass is 9.87. The van der Waals surface area contributed by atoms with Crippen LogP contribution in [0.1, 0.15) is 26.7 Å². The molecule has 2 saturated carbocycles. The molecule has 2 aliphatic carbocycles. The fourth-order valence-electron chi connectivity index (χ4n) is 2.41. The molecule has 1 nitrogen and oxygen atoms in total. The van der Waals surface area contributed by atoms with E-state index in [2.05, 4.69) is 13.8 Å². The molecular weight excluding hydrogens is 110 g/mol. The van der Waals surface area contributed by atoms with Crippen LogP contribution >= 0.6 is 0 Å². The molecule has 2 N–H and O–H groups in total. The van der Waals surface area contributed by atoms with Gasteiger partial charge >= 0.3 is 0 Å². The standard InChI is InChI=1S/C8H15N/c1-8(2)3-5-6(4-8)7(5)9/h5-7H,3-4,9H2,1-2H3. The predicted octanol–water partition coefficient (Wildman–Crippen LogP) is 1.38. The average molecular weight is 125 g/mol. The van der Waals surface area contributed by atoms with Crippen molar-refractivity contribution in [2.75, 3.05) is 0 Å². The Labute approximate surface area is 56.6 Å². The van der Waals surface area contributed by atoms with Gasteiger partial charge in [0.15, 0.2) is 0 Å². The maximum absolute atomic E-state index is 5.79. The molecular formula is C8H15N. The smallest absolute Gasteiger partial charge is 0.0102 e. The Morgan fingerprint density at radius 1 is 1.22 bits per heavy atom. The molecule has 0 saturated heterocycles. The molecule has 0 bridgehead atoms. The first-order chi connectivity index (χ1) is 4.10. The lowest BCUT2D eigenvalue weighted by Gasteiger charge is -2.19. The van der Waals surface area contributed by atoms with Crippen LogP contribution in [0, 0.1) is 17.3 Å². The summed E-state index contributed by atoms with van der Waals surface area (Å²) in [5, 5.41) is 0. The number of hydrogen-bond acceptors (Lipinski definition) is 1. The van der Waals surface area contributed by atoms with Gasteiger partial charge in [-0.1, -0.05) is 13.8 Å². The van der Waals surface area contributed by atoms with Crippen molar-refractivity contribution in [3.05, 3.63) is 0 Å². The summed E-state index contributed by atoms with van der Waals surface area (Å²) in [5.41, 5.74) is 6.41. The number of nitrogens with two attached hydrogens (primary N) is 1. The Balaban J connectivity index is 2.04. The molecule has 0 aliphatic heterocycles. The van der Waals surface area contributed by atoms with Crippen molar-refractivity contribution < 1.29 is 0 Å². The van der Waals surface area contributed by atoms with Gasteiger partial charge in [0, 0.05) is 6.04 Å². The van der Waals surface area contributed by atoms with E-state index in [0.717, 1.165) is 11.8 Å². The zero-order valence-corrected chi connectivity index (χ0v) is 6.22. The van der Waals surface area contributed by atoms with Crippen LogP contribution in [0.4, 0.5) is 0 Å². The third-order valence-electron chi connectivity index (χ3n) is 2.97. The van der Waals surface area contributed by atoms with E-state index in [-0.39, 0.29) is 0 Å². The molecule has 2 aliphatic rings. The van der Waals surface area contributed by atoms with Gasteiger partial charge in [-0.2, -0.15) is 0 Å². The summed E-state index contributed by atoms with van der Waals surface area (Å²) in [5.74, 6) is 1.81. The summed E-state index contributed by atoms with van der Waals surface area (Å²) in [6.45, 7) is 4.71. The molecule has 0 radical (unpaired) electrons. The van der Waals surface area contributed by atoms with Crippen molar-refractivity contribution in [3.63, 3.8) is 0 Å². The van der Waals surface area contributed by atoms with Crippen molar-refractivity contribution in [1.82, 2.24) is 0 Å². The second-order valence-electron chi connectivity index (χ2n) is 4.48. The Hall–Kier alpha value is -0.0400. The Bertz CT molecular complexity index is 126. The lowest BCUT2D eigenvalue weighted by molar-refractivity contribution is 0.329. The van der Waals surface area contributed by atoms with Gasteiger partial charge in [-0.05, 0) is 30.1 Å². The summed E-state index contributed by atoms with van der Waals surface area (Å²) in [6, 6.07) is 0.582. The molecule has 52 valence electrons. The quantitative estimate of drug-likeness (QED) is 0.520. The Morgan fingerprint density at radius 3 is 2.00 bits per heavy atom.